The molecule has 0 unspecified atom stereocenters. The van der Waals surface area contributed by atoms with E-state index in [0.717, 1.165) is 12.1 Å². The van der Waals surface area contributed by atoms with E-state index in [-0.39, 0.29) is 18.5 Å². The summed E-state index contributed by atoms with van der Waals surface area (Å²) in [5.41, 5.74) is 2.20. The van der Waals surface area contributed by atoms with Crippen LogP contribution in [0.1, 0.15) is 18.1 Å². The summed E-state index contributed by atoms with van der Waals surface area (Å²) in [6, 6.07) is 7.88. The van der Waals surface area contributed by atoms with E-state index in [9.17, 15) is 9.59 Å². The maximum Gasteiger partial charge on any atom is 0.319 e. The number of nitrogens with one attached hydrogen (secondary N) is 1. The summed E-state index contributed by atoms with van der Waals surface area (Å²) in [6.45, 7) is 4.27. The van der Waals surface area contributed by atoms with Crippen molar-refractivity contribution in [3.8, 4) is 0 Å². The average Bonchev–Trinajstić information content (AvgIpc) is 3.23. The van der Waals surface area contributed by atoms with E-state index >= 15 is 0 Å². The van der Waals surface area contributed by atoms with Crippen molar-refractivity contribution in [2.45, 2.75) is 20.0 Å². The fourth-order valence-corrected chi connectivity index (χ4v) is 2.65. The minimum Gasteiger partial charge on any atom is -0.334 e. The van der Waals surface area contributed by atoms with Gasteiger partial charge in [-0.25, -0.2) is 9.78 Å². The third-order valence-electron chi connectivity index (χ3n) is 4.08. The Morgan fingerprint density at radius 3 is 2.62 bits per heavy atom. The van der Waals surface area contributed by atoms with Crippen molar-refractivity contribution in [3.63, 3.8) is 0 Å². The topological polar surface area (TPSA) is 70.5 Å². The Morgan fingerprint density at radius 2 is 2.00 bits per heavy atom. The molecule has 7 heteroatoms. The minimum atomic E-state index is -0.207. The van der Waals surface area contributed by atoms with Crippen molar-refractivity contribution in [2.24, 2.45) is 0 Å². The van der Waals surface area contributed by atoms with Crippen molar-refractivity contribution in [1.29, 1.82) is 0 Å². The Kier molecular flexibility index (Phi) is 4.79. The van der Waals surface area contributed by atoms with Gasteiger partial charge >= 0.3 is 6.03 Å². The maximum atomic E-state index is 12.1. The van der Waals surface area contributed by atoms with E-state index in [1.807, 2.05) is 42.0 Å². The van der Waals surface area contributed by atoms with E-state index in [1.54, 1.807) is 17.4 Å². The second-order valence-electron chi connectivity index (χ2n) is 5.80. The van der Waals surface area contributed by atoms with Crippen LogP contribution in [0, 0.1) is 0 Å². The fourth-order valence-electron chi connectivity index (χ4n) is 2.65. The first-order valence-corrected chi connectivity index (χ1v) is 8.00. The van der Waals surface area contributed by atoms with Crippen molar-refractivity contribution >= 4 is 11.9 Å². The van der Waals surface area contributed by atoms with Crippen LogP contribution < -0.4 is 5.32 Å². The molecule has 7 nitrogen and oxygen atoms in total. The molecule has 0 saturated carbocycles. The summed E-state index contributed by atoms with van der Waals surface area (Å²) >= 11 is 0. The van der Waals surface area contributed by atoms with Crippen LogP contribution in [0.15, 0.2) is 43.0 Å². The maximum absolute atomic E-state index is 12.1. The van der Waals surface area contributed by atoms with E-state index in [0.29, 0.717) is 19.8 Å². The van der Waals surface area contributed by atoms with E-state index in [1.165, 1.54) is 10.5 Å². The number of rotatable bonds is 5. The molecule has 0 bridgehead atoms. The number of urea groups is 1. The number of aromatic nitrogens is 2. The number of likely N-dealkylation sites (N-methyl/N-ethyl adjacent to an activating group) is 1. The molecule has 1 aromatic carbocycles. The molecule has 3 amide bonds. The van der Waals surface area contributed by atoms with Crippen LogP contribution in [0.5, 0.6) is 0 Å². The highest BCUT2D eigenvalue weighted by atomic mass is 16.2. The number of benzene rings is 1. The van der Waals surface area contributed by atoms with Crippen LogP contribution in [-0.4, -0.2) is 51.0 Å². The number of amides is 3. The van der Waals surface area contributed by atoms with Gasteiger partial charge in [0.15, 0.2) is 0 Å². The lowest BCUT2D eigenvalue weighted by Gasteiger charge is -2.17. The lowest BCUT2D eigenvalue weighted by atomic mass is 10.1. The van der Waals surface area contributed by atoms with Crippen LogP contribution >= 0.6 is 0 Å². The molecule has 1 saturated heterocycles. The molecular formula is C17H21N5O2. The van der Waals surface area contributed by atoms with Crippen LogP contribution in [0.4, 0.5) is 4.79 Å². The highest BCUT2D eigenvalue weighted by Crippen LogP contribution is 2.08. The minimum absolute atomic E-state index is 0.00324. The Balaban J connectivity index is 1.50. The highest BCUT2D eigenvalue weighted by Gasteiger charge is 2.29. The SMILES string of the molecule is CCN1CN(C(=O)NCc2ccc(Cn3ccnc3)cc2)CC1=O. The number of hydrogen-bond donors (Lipinski definition) is 1. The van der Waals surface area contributed by atoms with Gasteiger partial charge in [0.1, 0.15) is 6.54 Å². The van der Waals surface area contributed by atoms with Gasteiger partial charge in [-0.15, -0.1) is 0 Å². The lowest BCUT2D eigenvalue weighted by molar-refractivity contribution is -0.126. The zero-order chi connectivity index (χ0) is 16.9. The molecule has 2 heterocycles. The summed E-state index contributed by atoms with van der Waals surface area (Å²) < 4.78 is 2.00. The monoisotopic (exact) mass is 327 g/mol. The molecule has 2 aromatic rings. The lowest BCUT2D eigenvalue weighted by Crippen LogP contribution is -2.39. The molecule has 24 heavy (non-hydrogen) atoms. The standard InChI is InChI=1S/C17H21N5O2/c1-2-21-13-22(11-16(21)23)17(24)19-9-14-3-5-15(6-4-14)10-20-8-7-18-12-20/h3-8,12H,2,9-11,13H2,1H3,(H,19,24). The Morgan fingerprint density at radius 1 is 1.25 bits per heavy atom. The molecular weight excluding hydrogens is 306 g/mol. The van der Waals surface area contributed by atoms with Gasteiger partial charge in [-0.1, -0.05) is 24.3 Å². The molecule has 1 fully saturated rings. The predicted molar refractivity (Wildman–Crippen MR) is 89.0 cm³/mol. The number of nitrogens with zero attached hydrogens (tertiary/aromatic N) is 4. The average molecular weight is 327 g/mol. The van der Waals surface area contributed by atoms with Gasteiger partial charge in [0.2, 0.25) is 5.91 Å². The number of hydrogen-bond acceptors (Lipinski definition) is 3. The molecule has 0 spiro atoms. The van der Waals surface area contributed by atoms with Gasteiger partial charge in [0, 0.05) is 32.0 Å². The zero-order valence-corrected chi connectivity index (χ0v) is 13.7. The summed E-state index contributed by atoms with van der Waals surface area (Å²) in [7, 11) is 0. The second-order valence-corrected chi connectivity index (χ2v) is 5.80. The van der Waals surface area contributed by atoms with E-state index in [2.05, 4.69) is 10.3 Å². The van der Waals surface area contributed by atoms with Gasteiger partial charge < -0.3 is 14.8 Å². The molecule has 0 atom stereocenters. The quantitative estimate of drug-likeness (QED) is 0.899. The summed E-state index contributed by atoms with van der Waals surface area (Å²) in [6.07, 6.45) is 5.46. The first kappa shape index (κ1) is 16.0. The van der Waals surface area contributed by atoms with Gasteiger partial charge in [-0.2, -0.15) is 0 Å². The van der Waals surface area contributed by atoms with Crippen LogP contribution in [0.3, 0.4) is 0 Å². The third-order valence-corrected chi connectivity index (χ3v) is 4.08. The largest absolute Gasteiger partial charge is 0.334 e. The molecule has 1 aromatic heterocycles. The van der Waals surface area contributed by atoms with Gasteiger partial charge in [0.05, 0.1) is 13.0 Å². The molecule has 0 radical (unpaired) electrons. The Labute approximate surface area is 140 Å². The van der Waals surface area contributed by atoms with Gasteiger partial charge in [0.25, 0.3) is 0 Å². The van der Waals surface area contributed by atoms with Crippen LogP contribution in [0.25, 0.3) is 0 Å². The van der Waals surface area contributed by atoms with Crippen LogP contribution in [0.2, 0.25) is 0 Å². The third kappa shape index (κ3) is 3.73. The highest BCUT2D eigenvalue weighted by molar-refractivity contribution is 5.87. The first-order valence-electron chi connectivity index (χ1n) is 8.00. The fraction of sp³-hybridized carbons (Fsp3) is 0.353. The van der Waals surface area contributed by atoms with Crippen molar-refractivity contribution in [3.05, 3.63) is 54.1 Å². The molecule has 0 aliphatic carbocycles. The number of carbonyl (C=O) groups is 2. The normalized spacial score (nSPS) is 14.3. The molecule has 1 aliphatic heterocycles. The summed E-state index contributed by atoms with van der Waals surface area (Å²) in [4.78, 5) is 31.0. The smallest absolute Gasteiger partial charge is 0.319 e. The predicted octanol–water partition coefficient (Wildman–Crippen LogP) is 1.26. The second kappa shape index (κ2) is 7.16. The number of imidazole rings is 1. The van der Waals surface area contributed by atoms with E-state index < -0.39 is 0 Å². The molecule has 1 aliphatic rings. The molecule has 126 valence electrons. The Hall–Kier alpha value is -2.83. The summed E-state index contributed by atoms with van der Waals surface area (Å²) in [5.74, 6) is -0.00324. The van der Waals surface area contributed by atoms with Gasteiger partial charge in [-0.05, 0) is 18.1 Å². The zero-order valence-electron chi connectivity index (χ0n) is 13.7. The van der Waals surface area contributed by atoms with E-state index in [4.69, 9.17) is 0 Å². The van der Waals surface area contributed by atoms with Crippen LogP contribution in [-0.2, 0) is 17.9 Å². The number of carbonyl (C=O) groups excluding carboxylic acids is 2. The first-order chi connectivity index (χ1) is 11.7. The van der Waals surface area contributed by atoms with Gasteiger partial charge in [-0.3, -0.25) is 9.69 Å². The molecule has 3 rings (SSSR count). The molecule has 1 N–H and O–H groups in total. The van der Waals surface area contributed by atoms with Crippen molar-refractivity contribution < 1.29 is 9.59 Å². The van der Waals surface area contributed by atoms with Crippen molar-refractivity contribution in [2.75, 3.05) is 19.8 Å². The summed E-state index contributed by atoms with van der Waals surface area (Å²) in [5, 5.41) is 2.86. The van der Waals surface area contributed by atoms with Crippen molar-refractivity contribution in [1.82, 2.24) is 24.7 Å². The Bertz CT molecular complexity index is 696.